The highest BCUT2D eigenvalue weighted by Crippen LogP contribution is 2.25. The summed E-state index contributed by atoms with van der Waals surface area (Å²) in [6.45, 7) is 6.60. The highest BCUT2D eigenvalue weighted by atomic mass is 79.9. The molecule has 0 aromatic carbocycles. The van der Waals surface area contributed by atoms with Crippen LogP contribution in [-0.2, 0) is 0 Å². The van der Waals surface area contributed by atoms with E-state index in [1.54, 1.807) is 0 Å². The predicted octanol–water partition coefficient (Wildman–Crippen LogP) is 2.22. The van der Waals surface area contributed by atoms with Crippen LogP contribution in [0.1, 0.15) is 25.1 Å². The van der Waals surface area contributed by atoms with Gasteiger partial charge in [-0.05, 0) is 42.2 Å². The second-order valence-electron chi connectivity index (χ2n) is 5.23. The Bertz CT molecular complexity index is 417. The van der Waals surface area contributed by atoms with E-state index in [1.165, 1.54) is 32.4 Å². The van der Waals surface area contributed by atoms with Gasteiger partial charge in [-0.15, -0.1) is 0 Å². The lowest BCUT2D eigenvalue weighted by Crippen LogP contribution is -2.55. The number of hydrogen-bond donors (Lipinski definition) is 0. The Hall–Kier alpha value is -0.680. The third-order valence-corrected chi connectivity index (χ3v) is 4.36. The molecule has 2 aliphatic rings. The lowest BCUT2D eigenvalue weighted by molar-refractivity contribution is 0.133. The summed E-state index contributed by atoms with van der Waals surface area (Å²) >= 11 is 3.46. The van der Waals surface area contributed by atoms with E-state index in [2.05, 4.69) is 35.7 Å². The molecule has 0 N–H and O–H groups in total. The summed E-state index contributed by atoms with van der Waals surface area (Å²) in [5.74, 6) is 1.91. The normalized spacial score (nSPS) is 25.0. The van der Waals surface area contributed by atoms with Gasteiger partial charge in [-0.2, -0.15) is 0 Å². The Morgan fingerprint density at radius 3 is 2.94 bits per heavy atom. The minimum atomic E-state index is 0.724. The molecular weight excluding hydrogens is 292 g/mol. The Morgan fingerprint density at radius 1 is 1.22 bits per heavy atom. The number of aryl methyl sites for hydroxylation is 1. The fraction of sp³-hybridized carbons (Fsp3) is 0.692. The molecule has 0 aliphatic carbocycles. The number of piperidine rings is 1. The minimum absolute atomic E-state index is 0.724. The SMILES string of the molecule is Cc1nc(Br)cc(N2CCN3CCCCC3C2)n1. The fourth-order valence-electron chi connectivity index (χ4n) is 3.04. The van der Waals surface area contributed by atoms with Crippen LogP contribution in [0.15, 0.2) is 10.7 Å². The summed E-state index contributed by atoms with van der Waals surface area (Å²) in [7, 11) is 0. The summed E-state index contributed by atoms with van der Waals surface area (Å²) in [5, 5.41) is 0. The van der Waals surface area contributed by atoms with Crippen LogP contribution in [-0.4, -0.2) is 47.1 Å². The van der Waals surface area contributed by atoms with E-state index < -0.39 is 0 Å². The molecule has 2 fully saturated rings. The Kier molecular flexibility index (Phi) is 3.52. The van der Waals surface area contributed by atoms with Crippen molar-refractivity contribution in [2.24, 2.45) is 0 Å². The molecule has 18 heavy (non-hydrogen) atoms. The van der Waals surface area contributed by atoms with Gasteiger partial charge in [-0.25, -0.2) is 9.97 Å². The molecule has 0 radical (unpaired) electrons. The molecule has 1 aromatic heterocycles. The molecule has 5 heteroatoms. The summed E-state index contributed by atoms with van der Waals surface area (Å²) in [6.07, 6.45) is 4.08. The number of halogens is 1. The number of hydrogen-bond acceptors (Lipinski definition) is 4. The van der Waals surface area contributed by atoms with Crippen molar-refractivity contribution in [1.82, 2.24) is 14.9 Å². The summed E-state index contributed by atoms with van der Waals surface area (Å²) < 4.78 is 0.885. The number of anilines is 1. The van der Waals surface area contributed by atoms with Crippen LogP contribution in [0.5, 0.6) is 0 Å². The molecule has 1 aromatic rings. The third-order valence-electron chi connectivity index (χ3n) is 3.95. The van der Waals surface area contributed by atoms with Crippen LogP contribution in [0.4, 0.5) is 5.82 Å². The lowest BCUT2D eigenvalue weighted by Gasteiger charge is -2.44. The third kappa shape index (κ3) is 2.52. The lowest BCUT2D eigenvalue weighted by atomic mass is 9.99. The van der Waals surface area contributed by atoms with Gasteiger partial charge in [-0.3, -0.25) is 4.90 Å². The second-order valence-corrected chi connectivity index (χ2v) is 6.04. The quantitative estimate of drug-likeness (QED) is 0.745. The average Bonchev–Trinajstić information content (AvgIpc) is 2.37. The molecule has 1 atom stereocenters. The van der Waals surface area contributed by atoms with E-state index in [4.69, 9.17) is 0 Å². The molecule has 2 aliphatic heterocycles. The zero-order valence-corrected chi connectivity index (χ0v) is 12.4. The minimum Gasteiger partial charge on any atom is -0.354 e. The molecule has 98 valence electrons. The van der Waals surface area contributed by atoms with E-state index in [0.29, 0.717) is 0 Å². The Labute approximate surface area is 117 Å². The first-order chi connectivity index (χ1) is 8.72. The zero-order chi connectivity index (χ0) is 12.5. The van der Waals surface area contributed by atoms with Gasteiger partial charge < -0.3 is 4.90 Å². The molecule has 3 heterocycles. The van der Waals surface area contributed by atoms with Crippen molar-refractivity contribution >= 4 is 21.7 Å². The van der Waals surface area contributed by atoms with E-state index >= 15 is 0 Å². The second kappa shape index (κ2) is 5.13. The van der Waals surface area contributed by atoms with Gasteiger partial charge in [0, 0.05) is 31.7 Å². The van der Waals surface area contributed by atoms with Gasteiger partial charge in [0.1, 0.15) is 16.2 Å². The molecule has 0 bridgehead atoms. The van der Waals surface area contributed by atoms with Gasteiger partial charge in [0.2, 0.25) is 0 Å². The first-order valence-electron chi connectivity index (χ1n) is 6.72. The maximum absolute atomic E-state index is 4.56. The fourth-order valence-corrected chi connectivity index (χ4v) is 3.50. The number of rotatable bonds is 1. The number of fused-ring (bicyclic) bond motifs is 1. The molecular formula is C13H19BrN4. The van der Waals surface area contributed by atoms with Crippen LogP contribution < -0.4 is 4.90 Å². The van der Waals surface area contributed by atoms with Crippen molar-refractivity contribution in [1.29, 1.82) is 0 Å². The largest absolute Gasteiger partial charge is 0.354 e. The van der Waals surface area contributed by atoms with Gasteiger partial charge in [0.15, 0.2) is 0 Å². The Morgan fingerprint density at radius 2 is 2.11 bits per heavy atom. The zero-order valence-electron chi connectivity index (χ0n) is 10.8. The maximum atomic E-state index is 4.56. The molecule has 2 saturated heterocycles. The standard InChI is InChI=1S/C13H19BrN4/c1-10-15-12(14)8-13(16-10)18-7-6-17-5-3-2-4-11(17)9-18/h8,11H,2-7,9H2,1H3. The van der Waals surface area contributed by atoms with Crippen LogP contribution in [0.25, 0.3) is 0 Å². The molecule has 1 unspecified atom stereocenters. The van der Waals surface area contributed by atoms with Crippen molar-refractivity contribution in [3.63, 3.8) is 0 Å². The molecule has 0 spiro atoms. The van der Waals surface area contributed by atoms with Gasteiger partial charge in [-0.1, -0.05) is 6.42 Å². The van der Waals surface area contributed by atoms with Crippen molar-refractivity contribution in [2.45, 2.75) is 32.2 Å². The number of piperazine rings is 1. The van der Waals surface area contributed by atoms with Crippen molar-refractivity contribution in [3.05, 3.63) is 16.5 Å². The smallest absolute Gasteiger partial charge is 0.133 e. The van der Waals surface area contributed by atoms with Gasteiger partial charge in [0.05, 0.1) is 0 Å². The van der Waals surface area contributed by atoms with Crippen LogP contribution in [0.3, 0.4) is 0 Å². The number of aromatic nitrogens is 2. The van der Waals surface area contributed by atoms with Crippen molar-refractivity contribution < 1.29 is 0 Å². The predicted molar refractivity (Wildman–Crippen MR) is 75.9 cm³/mol. The van der Waals surface area contributed by atoms with Crippen LogP contribution in [0.2, 0.25) is 0 Å². The maximum Gasteiger partial charge on any atom is 0.133 e. The topological polar surface area (TPSA) is 32.3 Å². The van der Waals surface area contributed by atoms with E-state index in [9.17, 15) is 0 Å². The van der Waals surface area contributed by atoms with Crippen LogP contribution in [0, 0.1) is 6.92 Å². The van der Waals surface area contributed by atoms with Gasteiger partial charge in [0.25, 0.3) is 0 Å². The van der Waals surface area contributed by atoms with E-state index in [1.807, 2.05) is 13.0 Å². The first-order valence-corrected chi connectivity index (χ1v) is 7.52. The van der Waals surface area contributed by atoms with E-state index in [0.717, 1.165) is 35.4 Å². The molecule has 0 amide bonds. The average molecular weight is 311 g/mol. The van der Waals surface area contributed by atoms with Crippen LogP contribution >= 0.6 is 15.9 Å². The summed E-state index contributed by atoms with van der Waals surface area (Å²) in [5.41, 5.74) is 0. The summed E-state index contributed by atoms with van der Waals surface area (Å²) in [6, 6.07) is 2.76. The van der Waals surface area contributed by atoms with Crippen molar-refractivity contribution in [3.8, 4) is 0 Å². The molecule has 4 nitrogen and oxygen atoms in total. The highest BCUT2D eigenvalue weighted by Gasteiger charge is 2.29. The first kappa shape index (κ1) is 12.4. The monoisotopic (exact) mass is 310 g/mol. The summed E-state index contributed by atoms with van der Waals surface area (Å²) in [4.78, 5) is 13.9. The molecule has 0 saturated carbocycles. The molecule has 3 rings (SSSR count). The highest BCUT2D eigenvalue weighted by molar-refractivity contribution is 9.10. The van der Waals surface area contributed by atoms with Gasteiger partial charge >= 0.3 is 0 Å². The van der Waals surface area contributed by atoms with Crippen molar-refractivity contribution in [2.75, 3.05) is 31.1 Å². The Balaban J connectivity index is 1.76. The van der Waals surface area contributed by atoms with E-state index in [-0.39, 0.29) is 0 Å². The number of nitrogens with zero attached hydrogens (tertiary/aromatic N) is 4.